The van der Waals surface area contributed by atoms with Gasteiger partial charge in [0.05, 0.1) is 5.69 Å². The average molecular weight is 289 g/mol. The van der Waals surface area contributed by atoms with Crippen molar-refractivity contribution in [1.82, 2.24) is 19.7 Å². The summed E-state index contributed by atoms with van der Waals surface area (Å²) in [5.74, 6) is 7.82. The zero-order chi connectivity index (χ0) is 15.6. The van der Waals surface area contributed by atoms with Crippen LogP contribution in [-0.4, -0.2) is 19.7 Å². The van der Waals surface area contributed by atoms with Gasteiger partial charge in [0.25, 0.3) is 0 Å². The van der Waals surface area contributed by atoms with Crippen LogP contribution in [0.25, 0.3) is 0 Å². The smallest absolute Gasteiger partial charge is 0.145 e. The highest BCUT2D eigenvalue weighted by Crippen LogP contribution is 2.18. The predicted octanol–water partition coefficient (Wildman–Crippen LogP) is 1.85. The summed E-state index contributed by atoms with van der Waals surface area (Å²) in [6, 6.07) is 1.80. The van der Waals surface area contributed by atoms with E-state index in [0.717, 1.165) is 23.0 Å². The predicted molar refractivity (Wildman–Crippen MR) is 83.9 cm³/mol. The van der Waals surface area contributed by atoms with Crippen molar-refractivity contribution < 1.29 is 0 Å². The summed E-state index contributed by atoms with van der Waals surface area (Å²) in [7, 11) is 1.95. The third-order valence-corrected chi connectivity index (χ3v) is 3.51. The van der Waals surface area contributed by atoms with E-state index < -0.39 is 0 Å². The van der Waals surface area contributed by atoms with Gasteiger partial charge in [-0.2, -0.15) is 5.10 Å². The van der Waals surface area contributed by atoms with Crippen molar-refractivity contribution in [2.75, 3.05) is 10.7 Å². The monoisotopic (exact) mass is 289 g/mol. The van der Waals surface area contributed by atoms with Crippen LogP contribution in [0.2, 0.25) is 0 Å². The molecule has 114 valence electrons. The zero-order valence-electron chi connectivity index (χ0n) is 13.2. The molecule has 0 amide bonds. The normalized spacial score (nSPS) is 11.0. The SMILES string of the molecule is Cc1nn(C)c(C)c1CNc1cc(NN)nc(C(C)C)n1. The molecule has 0 unspecified atom stereocenters. The van der Waals surface area contributed by atoms with E-state index >= 15 is 0 Å². The van der Waals surface area contributed by atoms with Gasteiger partial charge in [0.2, 0.25) is 0 Å². The van der Waals surface area contributed by atoms with Crippen LogP contribution in [0.4, 0.5) is 11.6 Å². The average Bonchev–Trinajstić information content (AvgIpc) is 2.69. The largest absolute Gasteiger partial charge is 0.366 e. The molecule has 0 radical (unpaired) electrons. The van der Waals surface area contributed by atoms with Gasteiger partial charge in [0.15, 0.2) is 0 Å². The number of nitrogens with one attached hydrogen (secondary N) is 2. The molecular weight excluding hydrogens is 266 g/mol. The molecule has 0 spiro atoms. The fourth-order valence-corrected chi connectivity index (χ4v) is 2.14. The highest BCUT2D eigenvalue weighted by Gasteiger charge is 2.11. The number of nitrogen functional groups attached to an aromatic ring is 1. The van der Waals surface area contributed by atoms with Crippen molar-refractivity contribution in [3.8, 4) is 0 Å². The molecule has 21 heavy (non-hydrogen) atoms. The number of nitrogens with two attached hydrogens (primary N) is 1. The van der Waals surface area contributed by atoms with Crippen LogP contribution < -0.4 is 16.6 Å². The lowest BCUT2D eigenvalue weighted by atomic mass is 10.2. The Balaban J connectivity index is 2.21. The first kappa shape index (κ1) is 15.2. The summed E-state index contributed by atoms with van der Waals surface area (Å²) in [5.41, 5.74) is 5.94. The van der Waals surface area contributed by atoms with Crippen molar-refractivity contribution in [3.05, 3.63) is 28.8 Å². The number of hydrogen-bond donors (Lipinski definition) is 3. The first-order chi connectivity index (χ1) is 9.92. The van der Waals surface area contributed by atoms with E-state index in [1.54, 1.807) is 6.07 Å². The summed E-state index contributed by atoms with van der Waals surface area (Å²) in [6.07, 6.45) is 0. The van der Waals surface area contributed by atoms with E-state index in [1.807, 2.05) is 18.7 Å². The Kier molecular flexibility index (Phi) is 4.42. The summed E-state index contributed by atoms with van der Waals surface area (Å²) in [6.45, 7) is 8.84. The van der Waals surface area contributed by atoms with Gasteiger partial charge in [-0.15, -0.1) is 0 Å². The maximum Gasteiger partial charge on any atom is 0.145 e. The van der Waals surface area contributed by atoms with Crippen LogP contribution >= 0.6 is 0 Å². The van der Waals surface area contributed by atoms with E-state index in [9.17, 15) is 0 Å². The summed E-state index contributed by atoms with van der Waals surface area (Å²) >= 11 is 0. The molecule has 0 aliphatic carbocycles. The van der Waals surface area contributed by atoms with E-state index in [1.165, 1.54) is 5.56 Å². The highest BCUT2D eigenvalue weighted by molar-refractivity contribution is 5.47. The molecule has 0 bridgehead atoms. The maximum absolute atomic E-state index is 5.47. The Morgan fingerprint density at radius 2 is 1.90 bits per heavy atom. The van der Waals surface area contributed by atoms with Gasteiger partial charge in [-0.05, 0) is 13.8 Å². The number of hydrogen-bond acceptors (Lipinski definition) is 6. The molecular formula is C14H23N7. The van der Waals surface area contributed by atoms with E-state index in [0.29, 0.717) is 12.4 Å². The Labute approximate surface area is 124 Å². The van der Waals surface area contributed by atoms with Gasteiger partial charge < -0.3 is 10.7 Å². The minimum Gasteiger partial charge on any atom is -0.366 e. The Bertz CT molecular complexity index is 630. The van der Waals surface area contributed by atoms with E-state index in [-0.39, 0.29) is 5.92 Å². The van der Waals surface area contributed by atoms with Gasteiger partial charge in [-0.25, -0.2) is 15.8 Å². The number of anilines is 2. The van der Waals surface area contributed by atoms with Crippen LogP contribution in [0.15, 0.2) is 6.07 Å². The van der Waals surface area contributed by atoms with Crippen molar-refractivity contribution >= 4 is 11.6 Å². The van der Waals surface area contributed by atoms with Gasteiger partial charge in [0.1, 0.15) is 17.5 Å². The van der Waals surface area contributed by atoms with Gasteiger partial charge in [-0.1, -0.05) is 13.8 Å². The van der Waals surface area contributed by atoms with Crippen LogP contribution in [0.5, 0.6) is 0 Å². The van der Waals surface area contributed by atoms with Crippen molar-refractivity contribution in [2.45, 2.75) is 40.2 Å². The lowest BCUT2D eigenvalue weighted by Gasteiger charge is -2.11. The second kappa shape index (κ2) is 6.09. The molecule has 4 N–H and O–H groups in total. The standard InChI is InChI=1S/C14H23N7/c1-8(2)14-17-12(6-13(18-14)19-15)16-7-11-9(3)20-21(5)10(11)4/h6,8H,7,15H2,1-5H3,(H2,16,17,18,19). The lowest BCUT2D eigenvalue weighted by Crippen LogP contribution is -2.13. The van der Waals surface area contributed by atoms with Crippen molar-refractivity contribution in [1.29, 1.82) is 0 Å². The molecule has 0 aromatic carbocycles. The Morgan fingerprint density at radius 1 is 1.24 bits per heavy atom. The van der Waals surface area contributed by atoms with E-state index in [4.69, 9.17) is 5.84 Å². The third kappa shape index (κ3) is 3.30. The molecule has 0 atom stereocenters. The molecule has 2 aromatic heterocycles. The summed E-state index contributed by atoms with van der Waals surface area (Å²) < 4.78 is 1.89. The molecule has 2 heterocycles. The molecule has 0 aliphatic rings. The second-order valence-electron chi connectivity index (χ2n) is 5.42. The molecule has 2 rings (SSSR count). The number of nitrogens with zero attached hydrogens (tertiary/aromatic N) is 4. The minimum atomic E-state index is 0.237. The van der Waals surface area contributed by atoms with Gasteiger partial charge in [0, 0.05) is 36.8 Å². The molecule has 7 nitrogen and oxygen atoms in total. The quantitative estimate of drug-likeness (QED) is 0.574. The number of hydrazine groups is 1. The maximum atomic E-state index is 5.47. The zero-order valence-corrected chi connectivity index (χ0v) is 13.2. The van der Waals surface area contributed by atoms with E-state index in [2.05, 4.69) is 46.6 Å². The van der Waals surface area contributed by atoms with Crippen LogP contribution in [0.3, 0.4) is 0 Å². The van der Waals surface area contributed by atoms with Crippen molar-refractivity contribution in [3.63, 3.8) is 0 Å². The lowest BCUT2D eigenvalue weighted by molar-refractivity contribution is 0.730. The third-order valence-electron chi connectivity index (χ3n) is 3.51. The summed E-state index contributed by atoms with van der Waals surface area (Å²) in [4.78, 5) is 8.86. The second-order valence-corrected chi connectivity index (χ2v) is 5.42. The number of aromatic nitrogens is 4. The topological polar surface area (TPSA) is 93.7 Å². The van der Waals surface area contributed by atoms with Crippen LogP contribution in [0.1, 0.15) is 42.5 Å². The first-order valence-corrected chi connectivity index (χ1v) is 7.01. The van der Waals surface area contributed by atoms with Gasteiger partial charge in [-0.3, -0.25) is 4.68 Å². The highest BCUT2D eigenvalue weighted by atomic mass is 15.3. The van der Waals surface area contributed by atoms with Gasteiger partial charge >= 0.3 is 0 Å². The van der Waals surface area contributed by atoms with Crippen molar-refractivity contribution in [2.24, 2.45) is 12.9 Å². The fraction of sp³-hybridized carbons (Fsp3) is 0.500. The summed E-state index contributed by atoms with van der Waals surface area (Å²) in [5, 5.41) is 7.74. The number of aryl methyl sites for hydroxylation is 2. The fourth-order valence-electron chi connectivity index (χ4n) is 2.14. The Morgan fingerprint density at radius 3 is 2.43 bits per heavy atom. The Hall–Kier alpha value is -2.15. The first-order valence-electron chi connectivity index (χ1n) is 7.01. The molecule has 2 aromatic rings. The molecule has 0 saturated carbocycles. The molecule has 0 fully saturated rings. The van der Waals surface area contributed by atoms with Crippen LogP contribution in [0, 0.1) is 13.8 Å². The molecule has 7 heteroatoms. The molecule has 0 aliphatic heterocycles. The number of rotatable bonds is 5. The minimum absolute atomic E-state index is 0.237. The molecule has 0 saturated heterocycles. The van der Waals surface area contributed by atoms with Crippen LogP contribution in [-0.2, 0) is 13.6 Å².